The molecule has 0 unspecified atom stereocenters. The first-order chi connectivity index (χ1) is 19.7. The molecule has 2 heterocycles. The third-order valence-electron chi connectivity index (χ3n) is 9.80. The molecular weight excluding hydrogens is 512 g/mol. The zero-order valence-electron chi connectivity index (χ0n) is 24.8. The molecule has 41 heavy (non-hydrogen) atoms. The predicted molar refractivity (Wildman–Crippen MR) is 161 cm³/mol. The largest absolute Gasteiger partial charge is 0.487 e. The van der Waals surface area contributed by atoms with E-state index >= 15 is 0 Å². The van der Waals surface area contributed by atoms with Crippen molar-refractivity contribution >= 4 is 18.0 Å². The number of rotatable bonds is 8. The molecule has 5 atom stereocenters. The fourth-order valence-corrected chi connectivity index (χ4v) is 8.53. The molecule has 1 spiro atoms. The molecule has 0 radical (unpaired) electrons. The van der Waals surface area contributed by atoms with E-state index in [0.717, 1.165) is 42.8 Å². The number of hydrogen-bond acceptors (Lipinski definition) is 5. The van der Waals surface area contributed by atoms with Gasteiger partial charge in [0.1, 0.15) is 17.5 Å². The van der Waals surface area contributed by atoms with Crippen molar-refractivity contribution in [3.63, 3.8) is 0 Å². The molecule has 1 saturated carbocycles. The van der Waals surface area contributed by atoms with E-state index in [2.05, 4.69) is 62.6 Å². The second kappa shape index (κ2) is 10.5. The zero-order chi connectivity index (χ0) is 28.9. The maximum Gasteiger partial charge on any atom is 0.303 e. The number of benzene rings is 2. The summed E-state index contributed by atoms with van der Waals surface area (Å²) in [7, 11) is 0. The molecule has 6 nitrogen and oxygen atoms in total. The molecule has 0 aromatic heterocycles. The van der Waals surface area contributed by atoms with Crippen LogP contribution in [0.1, 0.15) is 62.3 Å². The standard InChI is InChI=1S/C35H42N2O4/c1-6-18-36-19-17-34-32-27-11-8-12-29(32)40-33(34)28(15-16-35(34,30(36)21-27)41-25(5)38)37(22-23(2)3)31(39)14-13-26-10-7-9-24(4)20-26/h6-14,20,23,28,30,33H,1,15-19,21-22H2,2-5H3/t28-,30-,33+,34+,35-/m1/s1. The number of amides is 1. The zero-order valence-corrected chi connectivity index (χ0v) is 24.8. The van der Waals surface area contributed by atoms with Gasteiger partial charge < -0.3 is 14.4 Å². The Morgan fingerprint density at radius 3 is 2.76 bits per heavy atom. The highest BCUT2D eigenvalue weighted by Gasteiger charge is 2.75. The number of piperidine rings is 1. The topological polar surface area (TPSA) is 59.1 Å². The number of likely N-dealkylation sites (tertiary alicyclic amines) is 1. The number of ether oxygens (including phenoxy) is 2. The fraction of sp³-hybridized carbons (Fsp3) is 0.486. The van der Waals surface area contributed by atoms with E-state index in [0.29, 0.717) is 19.4 Å². The average molecular weight is 555 g/mol. The van der Waals surface area contributed by atoms with Crippen LogP contribution in [0.15, 0.2) is 61.2 Å². The van der Waals surface area contributed by atoms with Crippen molar-refractivity contribution < 1.29 is 19.1 Å². The van der Waals surface area contributed by atoms with Crippen LogP contribution < -0.4 is 4.74 Å². The van der Waals surface area contributed by atoms with Crippen molar-refractivity contribution in [2.24, 2.45) is 5.92 Å². The van der Waals surface area contributed by atoms with Crippen molar-refractivity contribution in [2.45, 2.75) is 82.6 Å². The second-order valence-corrected chi connectivity index (χ2v) is 12.8. The molecule has 2 aromatic carbocycles. The van der Waals surface area contributed by atoms with Gasteiger partial charge >= 0.3 is 5.97 Å². The number of carbonyl (C=O) groups excluding carboxylic acids is 2. The number of esters is 1. The lowest BCUT2D eigenvalue weighted by Crippen LogP contribution is -2.79. The van der Waals surface area contributed by atoms with E-state index in [4.69, 9.17) is 9.47 Å². The van der Waals surface area contributed by atoms with Crippen LogP contribution >= 0.6 is 0 Å². The van der Waals surface area contributed by atoms with Gasteiger partial charge in [-0.25, -0.2) is 0 Å². The molecule has 6 heteroatoms. The lowest BCUT2D eigenvalue weighted by molar-refractivity contribution is -0.223. The Bertz CT molecular complexity index is 1400. The predicted octanol–water partition coefficient (Wildman–Crippen LogP) is 5.47. The van der Waals surface area contributed by atoms with Gasteiger partial charge in [-0.05, 0) is 61.8 Å². The summed E-state index contributed by atoms with van der Waals surface area (Å²) in [5.74, 6) is 0.921. The molecule has 0 N–H and O–H groups in total. The van der Waals surface area contributed by atoms with E-state index in [1.807, 2.05) is 29.2 Å². The fourth-order valence-electron chi connectivity index (χ4n) is 8.53. The van der Waals surface area contributed by atoms with Crippen LogP contribution in [0.4, 0.5) is 0 Å². The molecule has 216 valence electrons. The Balaban J connectivity index is 1.45. The van der Waals surface area contributed by atoms with Gasteiger partial charge in [-0.2, -0.15) is 0 Å². The molecule has 1 amide bonds. The van der Waals surface area contributed by atoms with E-state index in [-0.39, 0.29) is 36.0 Å². The molecule has 2 aromatic rings. The Hall–Kier alpha value is -3.38. The Morgan fingerprint density at radius 1 is 1.22 bits per heavy atom. The summed E-state index contributed by atoms with van der Waals surface area (Å²) in [5, 5.41) is 0. The summed E-state index contributed by atoms with van der Waals surface area (Å²) in [6, 6.07) is 14.4. The van der Waals surface area contributed by atoms with Gasteiger partial charge in [0.05, 0.1) is 17.5 Å². The third kappa shape index (κ3) is 4.34. The van der Waals surface area contributed by atoms with Crippen LogP contribution in [0, 0.1) is 12.8 Å². The van der Waals surface area contributed by atoms with Crippen LogP contribution in [-0.2, 0) is 26.2 Å². The average Bonchev–Trinajstić information content (AvgIpc) is 3.27. The summed E-state index contributed by atoms with van der Waals surface area (Å²) in [5.41, 5.74) is 3.42. The van der Waals surface area contributed by atoms with Gasteiger partial charge in [0.25, 0.3) is 0 Å². The van der Waals surface area contributed by atoms with Crippen molar-refractivity contribution in [3.8, 4) is 5.75 Å². The number of nitrogens with zero attached hydrogens (tertiary/aromatic N) is 2. The minimum absolute atomic E-state index is 0.00201. The quantitative estimate of drug-likeness (QED) is 0.246. The number of hydrogen-bond donors (Lipinski definition) is 0. The molecule has 2 fully saturated rings. The van der Waals surface area contributed by atoms with Crippen molar-refractivity contribution in [3.05, 3.63) is 83.4 Å². The van der Waals surface area contributed by atoms with E-state index in [1.165, 1.54) is 18.1 Å². The maximum absolute atomic E-state index is 14.0. The van der Waals surface area contributed by atoms with Crippen molar-refractivity contribution in [1.29, 1.82) is 0 Å². The van der Waals surface area contributed by atoms with Crippen LogP contribution in [-0.4, -0.2) is 65.1 Å². The molecule has 2 aliphatic heterocycles. The summed E-state index contributed by atoms with van der Waals surface area (Å²) in [6.07, 6.45) is 8.29. The summed E-state index contributed by atoms with van der Waals surface area (Å²) in [6.45, 7) is 14.2. The smallest absolute Gasteiger partial charge is 0.303 e. The first-order valence-corrected chi connectivity index (χ1v) is 15.1. The highest BCUT2D eigenvalue weighted by molar-refractivity contribution is 5.92. The Kier molecular flexibility index (Phi) is 7.09. The summed E-state index contributed by atoms with van der Waals surface area (Å²) in [4.78, 5) is 31.3. The number of aryl methyl sites for hydroxylation is 1. The van der Waals surface area contributed by atoms with Crippen molar-refractivity contribution in [2.75, 3.05) is 19.6 Å². The van der Waals surface area contributed by atoms with Gasteiger partial charge in [-0.15, -0.1) is 6.58 Å². The SMILES string of the molecule is C=CCN1CC[C@]23c4c5cccc4O[C@H]2[C@H](N(CC(C)C)C(=O)C=Cc2cccc(C)c2)CC[C@@]3(OC(C)=O)[C@H]1C5. The van der Waals surface area contributed by atoms with Gasteiger partial charge in [-0.3, -0.25) is 14.5 Å². The molecule has 4 aliphatic rings. The highest BCUT2D eigenvalue weighted by Crippen LogP contribution is 2.65. The molecule has 2 bridgehead atoms. The molecular formula is C35H42N2O4. The monoisotopic (exact) mass is 554 g/mol. The van der Waals surface area contributed by atoms with Crippen LogP contribution in [0.25, 0.3) is 6.08 Å². The van der Waals surface area contributed by atoms with E-state index in [1.54, 1.807) is 6.08 Å². The first-order valence-electron chi connectivity index (χ1n) is 15.1. The van der Waals surface area contributed by atoms with Crippen LogP contribution in [0.2, 0.25) is 0 Å². The molecule has 1 saturated heterocycles. The highest BCUT2D eigenvalue weighted by atomic mass is 16.6. The molecule has 6 rings (SSSR count). The molecule has 2 aliphatic carbocycles. The number of carbonyl (C=O) groups is 2. The van der Waals surface area contributed by atoms with Gasteiger partial charge in [0.2, 0.25) is 5.91 Å². The lowest BCUT2D eigenvalue weighted by Gasteiger charge is -2.65. The van der Waals surface area contributed by atoms with E-state index in [9.17, 15) is 9.59 Å². The third-order valence-corrected chi connectivity index (χ3v) is 9.80. The summed E-state index contributed by atoms with van der Waals surface area (Å²) >= 11 is 0. The Morgan fingerprint density at radius 2 is 2.02 bits per heavy atom. The van der Waals surface area contributed by atoms with Gasteiger partial charge in [0, 0.05) is 38.2 Å². The maximum atomic E-state index is 14.0. The summed E-state index contributed by atoms with van der Waals surface area (Å²) < 4.78 is 13.5. The van der Waals surface area contributed by atoms with Crippen LogP contribution in [0.3, 0.4) is 0 Å². The normalized spacial score (nSPS) is 29.6. The Labute approximate surface area is 244 Å². The lowest BCUT2D eigenvalue weighted by atomic mass is 9.48. The van der Waals surface area contributed by atoms with E-state index < -0.39 is 11.0 Å². The van der Waals surface area contributed by atoms with Gasteiger partial charge in [-0.1, -0.05) is 61.9 Å². The van der Waals surface area contributed by atoms with Crippen LogP contribution in [0.5, 0.6) is 5.75 Å². The van der Waals surface area contributed by atoms with Gasteiger partial charge in [0.15, 0.2) is 0 Å². The minimum atomic E-state index is -0.717. The first kappa shape index (κ1) is 27.8. The van der Waals surface area contributed by atoms with Crippen molar-refractivity contribution in [1.82, 2.24) is 9.80 Å². The minimum Gasteiger partial charge on any atom is -0.487 e. The second-order valence-electron chi connectivity index (χ2n) is 12.8.